The lowest BCUT2D eigenvalue weighted by atomic mass is 9.98. The van der Waals surface area contributed by atoms with Gasteiger partial charge in [-0.2, -0.15) is 0 Å². The van der Waals surface area contributed by atoms with Crippen LogP contribution in [0, 0.1) is 12.8 Å². The van der Waals surface area contributed by atoms with Crippen molar-refractivity contribution >= 4 is 22.5 Å². The molecule has 0 radical (unpaired) electrons. The van der Waals surface area contributed by atoms with Gasteiger partial charge in [0, 0.05) is 43.2 Å². The summed E-state index contributed by atoms with van der Waals surface area (Å²) in [5, 5.41) is 4.55. The molecule has 0 aliphatic carbocycles. The van der Waals surface area contributed by atoms with Crippen LogP contribution in [0.2, 0.25) is 0 Å². The predicted molar refractivity (Wildman–Crippen MR) is 141 cm³/mol. The fraction of sp³-hybridized carbons (Fsp3) is 0.500. The van der Waals surface area contributed by atoms with Gasteiger partial charge in [-0.25, -0.2) is 4.98 Å². The SMILES string of the molecule is COc1cc2c(NC3CCN(C)C(=O)C3)cc(-c3ccc(C)o3)nc2cc1OCC1CCN(C)CC1. The van der Waals surface area contributed by atoms with Crippen LogP contribution in [-0.4, -0.2) is 74.2 Å². The lowest BCUT2D eigenvalue weighted by Gasteiger charge is -2.30. The zero-order valence-corrected chi connectivity index (χ0v) is 21.7. The van der Waals surface area contributed by atoms with Crippen molar-refractivity contribution in [3.63, 3.8) is 0 Å². The number of aryl methyl sites for hydroxylation is 1. The molecule has 1 aromatic carbocycles. The van der Waals surface area contributed by atoms with E-state index in [-0.39, 0.29) is 11.9 Å². The molecule has 36 heavy (non-hydrogen) atoms. The molecule has 2 aliphatic rings. The van der Waals surface area contributed by atoms with Gasteiger partial charge in [0.25, 0.3) is 0 Å². The van der Waals surface area contributed by atoms with Crippen molar-refractivity contribution in [1.29, 1.82) is 0 Å². The van der Waals surface area contributed by atoms with Gasteiger partial charge in [0.2, 0.25) is 5.91 Å². The maximum Gasteiger partial charge on any atom is 0.224 e. The van der Waals surface area contributed by atoms with E-state index in [9.17, 15) is 4.79 Å². The second kappa shape index (κ2) is 10.4. The number of carbonyl (C=O) groups is 1. The highest BCUT2D eigenvalue weighted by Gasteiger charge is 2.25. The van der Waals surface area contributed by atoms with Crippen molar-refractivity contribution < 1.29 is 18.7 Å². The first-order chi connectivity index (χ1) is 17.4. The molecule has 8 nitrogen and oxygen atoms in total. The van der Waals surface area contributed by atoms with Gasteiger partial charge in [0.1, 0.15) is 11.5 Å². The quantitative estimate of drug-likeness (QED) is 0.518. The van der Waals surface area contributed by atoms with E-state index in [4.69, 9.17) is 18.9 Å². The average molecular weight is 493 g/mol. The van der Waals surface area contributed by atoms with Gasteiger partial charge in [0.15, 0.2) is 17.3 Å². The molecule has 2 fully saturated rings. The number of rotatable bonds is 7. The molecule has 1 amide bonds. The molecule has 5 rings (SSSR count). The second-order valence-electron chi connectivity index (χ2n) is 10.2. The Morgan fingerprint density at radius 1 is 1.08 bits per heavy atom. The van der Waals surface area contributed by atoms with Crippen LogP contribution in [0.3, 0.4) is 0 Å². The number of nitrogens with one attached hydrogen (secondary N) is 1. The zero-order chi connectivity index (χ0) is 25.2. The molecule has 1 N–H and O–H groups in total. The third-order valence-electron chi connectivity index (χ3n) is 7.42. The van der Waals surface area contributed by atoms with Crippen LogP contribution in [-0.2, 0) is 4.79 Å². The number of hydrogen-bond donors (Lipinski definition) is 1. The van der Waals surface area contributed by atoms with Gasteiger partial charge < -0.3 is 29.0 Å². The van der Waals surface area contributed by atoms with Crippen LogP contribution in [0.4, 0.5) is 5.69 Å². The van der Waals surface area contributed by atoms with Crippen molar-refractivity contribution in [2.75, 3.05) is 52.8 Å². The van der Waals surface area contributed by atoms with E-state index in [1.165, 1.54) is 0 Å². The summed E-state index contributed by atoms with van der Waals surface area (Å²) in [5.74, 6) is 3.61. The number of carbonyl (C=O) groups excluding carboxylic acids is 1. The molecular formula is C28H36N4O4. The second-order valence-corrected chi connectivity index (χ2v) is 10.2. The van der Waals surface area contributed by atoms with E-state index >= 15 is 0 Å². The van der Waals surface area contributed by atoms with Gasteiger partial charge in [0.05, 0.1) is 19.2 Å². The summed E-state index contributed by atoms with van der Waals surface area (Å²) in [6, 6.07) is 9.89. The Morgan fingerprint density at radius 2 is 1.89 bits per heavy atom. The van der Waals surface area contributed by atoms with Crippen molar-refractivity contribution in [1.82, 2.24) is 14.8 Å². The topological polar surface area (TPSA) is 80.1 Å². The molecule has 0 bridgehead atoms. The lowest BCUT2D eigenvalue weighted by Crippen LogP contribution is -2.41. The molecule has 2 aliphatic heterocycles. The van der Waals surface area contributed by atoms with E-state index in [2.05, 4.69) is 17.3 Å². The monoisotopic (exact) mass is 492 g/mol. The number of piperidine rings is 2. The van der Waals surface area contributed by atoms with Crippen molar-refractivity contribution in [3.8, 4) is 23.0 Å². The van der Waals surface area contributed by atoms with Crippen molar-refractivity contribution in [2.24, 2.45) is 5.92 Å². The Kier molecular flexibility index (Phi) is 7.05. The smallest absolute Gasteiger partial charge is 0.224 e. The highest BCUT2D eigenvalue weighted by Crippen LogP contribution is 2.38. The number of amides is 1. The number of furan rings is 1. The number of pyridine rings is 1. The van der Waals surface area contributed by atoms with Gasteiger partial charge in [-0.1, -0.05) is 0 Å². The van der Waals surface area contributed by atoms with Crippen LogP contribution in [0.5, 0.6) is 11.5 Å². The maximum absolute atomic E-state index is 12.3. The van der Waals surface area contributed by atoms with Crippen molar-refractivity contribution in [3.05, 3.63) is 36.1 Å². The van der Waals surface area contributed by atoms with Crippen LogP contribution >= 0.6 is 0 Å². The minimum Gasteiger partial charge on any atom is -0.493 e. The molecule has 3 aromatic rings. The van der Waals surface area contributed by atoms with Crippen LogP contribution < -0.4 is 14.8 Å². The first-order valence-corrected chi connectivity index (χ1v) is 12.8. The van der Waals surface area contributed by atoms with E-state index < -0.39 is 0 Å². The Morgan fingerprint density at radius 3 is 2.58 bits per heavy atom. The fourth-order valence-electron chi connectivity index (χ4n) is 5.05. The van der Waals surface area contributed by atoms with Gasteiger partial charge in [-0.3, -0.25) is 4.79 Å². The summed E-state index contributed by atoms with van der Waals surface area (Å²) in [6.45, 7) is 5.53. The van der Waals surface area contributed by atoms with Crippen LogP contribution in [0.15, 0.2) is 34.7 Å². The van der Waals surface area contributed by atoms with E-state index in [1.807, 2.05) is 44.3 Å². The highest BCUT2D eigenvalue weighted by atomic mass is 16.5. The number of nitrogens with zero attached hydrogens (tertiary/aromatic N) is 3. The number of fused-ring (bicyclic) bond motifs is 1. The number of likely N-dealkylation sites (tertiary alicyclic amines) is 2. The summed E-state index contributed by atoms with van der Waals surface area (Å²) >= 11 is 0. The van der Waals surface area contributed by atoms with Crippen molar-refractivity contribution in [2.45, 2.75) is 38.6 Å². The molecule has 2 saturated heterocycles. The minimum atomic E-state index is 0.0526. The molecule has 2 aromatic heterocycles. The molecule has 0 spiro atoms. The standard InChI is InChI=1S/C28H36N4O4/c1-18-5-6-25(36-18)24-15-22(29-20-9-12-32(3)28(33)13-20)21-14-26(34-4)27(16-23(21)30-24)35-17-19-7-10-31(2)11-8-19/h5-6,14-16,19-20H,7-13,17H2,1-4H3,(H,29,30). The summed E-state index contributed by atoms with van der Waals surface area (Å²) in [4.78, 5) is 21.4. The fourth-order valence-corrected chi connectivity index (χ4v) is 5.05. The molecular weight excluding hydrogens is 456 g/mol. The third-order valence-corrected chi connectivity index (χ3v) is 7.42. The largest absolute Gasteiger partial charge is 0.493 e. The van der Waals surface area contributed by atoms with E-state index in [0.29, 0.717) is 36.2 Å². The van der Waals surface area contributed by atoms with Gasteiger partial charge in [-0.15, -0.1) is 0 Å². The summed E-state index contributed by atoms with van der Waals surface area (Å²) in [6.07, 6.45) is 3.62. The average Bonchev–Trinajstić information content (AvgIpc) is 3.31. The lowest BCUT2D eigenvalue weighted by molar-refractivity contribution is -0.132. The van der Waals surface area contributed by atoms with Crippen LogP contribution in [0.1, 0.15) is 31.4 Å². The predicted octanol–water partition coefficient (Wildman–Crippen LogP) is 4.57. The number of ether oxygens (including phenoxy) is 2. The number of benzene rings is 1. The normalized spacial score (nSPS) is 19.6. The number of hydrogen-bond acceptors (Lipinski definition) is 7. The molecule has 0 saturated carbocycles. The zero-order valence-electron chi connectivity index (χ0n) is 21.7. The number of methoxy groups -OCH3 is 1. The number of anilines is 1. The minimum absolute atomic E-state index is 0.0526. The van der Waals surface area contributed by atoms with Crippen LogP contribution in [0.25, 0.3) is 22.4 Å². The summed E-state index contributed by atoms with van der Waals surface area (Å²) in [7, 11) is 5.69. The molecule has 192 valence electrons. The summed E-state index contributed by atoms with van der Waals surface area (Å²) in [5.41, 5.74) is 2.44. The Labute approximate surface area is 212 Å². The van der Waals surface area contributed by atoms with Gasteiger partial charge in [-0.05, 0) is 76.5 Å². The highest BCUT2D eigenvalue weighted by molar-refractivity contribution is 5.96. The Bertz CT molecular complexity index is 1230. The number of aromatic nitrogens is 1. The molecule has 8 heteroatoms. The first-order valence-electron chi connectivity index (χ1n) is 12.8. The Hall–Kier alpha value is -3.26. The van der Waals surface area contributed by atoms with E-state index in [1.54, 1.807) is 12.0 Å². The Balaban J connectivity index is 1.49. The van der Waals surface area contributed by atoms with E-state index in [0.717, 1.165) is 66.9 Å². The maximum atomic E-state index is 12.3. The van der Waals surface area contributed by atoms with Gasteiger partial charge >= 0.3 is 0 Å². The molecule has 1 unspecified atom stereocenters. The molecule has 4 heterocycles. The first kappa shape index (κ1) is 24.4. The third kappa shape index (κ3) is 5.28. The summed E-state index contributed by atoms with van der Waals surface area (Å²) < 4.78 is 17.9. The molecule has 1 atom stereocenters.